The van der Waals surface area contributed by atoms with E-state index in [0.717, 1.165) is 22.4 Å². The van der Waals surface area contributed by atoms with E-state index >= 15 is 0 Å². The normalized spacial score (nSPS) is 11.1. The van der Waals surface area contributed by atoms with Crippen molar-refractivity contribution in [2.75, 3.05) is 0 Å². The van der Waals surface area contributed by atoms with Crippen LogP contribution in [-0.2, 0) is 5.75 Å². The summed E-state index contributed by atoms with van der Waals surface area (Å²) >= 11 is 1.72. The molecule has 124 valence electrons. The van der Waals surface area contributed by atoms with Gasteiger partial charge in [-0.15, -0.1) is 10.2 Å². The molecule has 0 unspecified atom stereocenters. The highest BCUT2D eigenvalue weighted by Gasteiger charge is 2.12. The molecule has 4 heteroatoms. The standard InChI is InChI=1S/C21H19N3S/c1-15-10-12-19(13-11-15)24-16(2)22-23-21(24)25-14-18-8-5-7-17-6-3-4-9-20(17)18/h3-13H,14H2,1-2H3. The quantitative estimate of drug-likeness (QED) is 0.468. The first-order valence-electron chi connectivity index (χ1n) is 8.31. The lowest BCUT2D eigenvalue weighted by Gasteiger charge is -2.10. The van der Waals surface area contributed by atoms with Gasteiger partial charge in [0.15, 0.2) is 5.16 Å². The minimum absolute atomic E-state index is 0.866. The maximum atomic E-state index is 4.39. The number of aromatic nitrogens is 3. The summed E-state index contributed by atoms with van der Waals surface area (Å²) in [5, 5.41) is 12.2. The van der Waals surface area contributed by atoms with Crippen molar-refractivity contribution in [1.29, 1.82) is 0 Å². The molecule has 0 saturated heterocycles. The molecule has 0 amide bonds. The van der Waals surface area contributed by atoms with Crippen LogP contribution in [0, 0.1) is 13.8 Å². The fourth-order valence-electron chi connectivity index (χ4n) is 2.99. The van der Waals surface area contributed by atoms with Crippen molar-refractivity contribution in [3.05, 3.63) is 83.7 Å². The third kappa shape index (κ3) is 3.17. The van der Waals surface area contributed by atoms with E-state index in [9.17, 15) is 0 Å². The van der Waals surface area contributed by atoms with Crippen molar-refractivity contribution < 1.29 is 0 Å². The van der Waals surface area contributed by atoms with Crippen molar-refractivity contribution >= 4 is 22.5 Å². The number of fused-ring (bicyclic) bond motifs is 1. The molecule has 0 radical (unpaired) electrons. The van der Waals surface area contributed by atoms with Crippen LogP contribution in [0.4, 0.5) is 0 Å². The maximum Gasteiger partial charge on any atom is 0.196 e. The molecule has 1 aromatic heterocycles. The molecule has 4 rings (SSSR count). The Morgan fingerprint density at radius 3 is 2.44 bits per heavy atom. The van der Waals surface area contributed by atoms with Gasteiger partial charge in [-0.3, -0.25) is 4.57 Å². The Labute approximate surface area is 151 Å². The van der Waals surface area contributed by atoms with Crippen LogP contribution >= 0.6 is 11.8 Å². The molecule has 0 spiro atoms. The van der Waals surface area contributed by atoms with Crippen LogP contribution in [0.3, 0.4) is 0 Å². The molecule has 3 aromatic carbocycles. The van der Waals surface area contributed by atoms with Crippen LogP contribution in [0.2, 0.25) is 0 Å². The number of hydrogen-bond donors (Lipinski definition) is 0. The van der Waals surface area contributed by atoms with E-state index < -0.39 is 0 Å². The number of nitrogens with zero attached hydrogens (tertiary/aromatic N) is 3. The topological polar surface area (TPSA) is 30.7 Å². The molecule has 25 heavy (non-hydrogen) atoms. The second kappa shape index (κ2) is 6.73. The summed E-state index contributed by atoms with van der Waals surface area (Å²) in [5.74, 6) is 1.77. The molecule has 0 bridgehead atoms. The summed E-state index contributed by atoms with van der Waals surface area (Å²) in [6.07, 6.45) is 0. The fourth-order valence-corrected chi connectivity index (χ4v) is 3.99. The van der Waals surface area contributed by atoms with E-state index in [-0.39, 0.29) is 0 Å². The zero-order chi connectivity index (χ0) is 17.2. The molecule has 0 N–H and O–H groups in total. The zero-order valence-corrected chi connectivity index (χ0v) is 15.1. The van der Waals surface area contributed by atoms with E-state index in [1.165, 1.54) is 21.9 Å². The van der Waals surface area contributed by atoms with E-state index in [2.05, 4.69) is 88.4 Å². The van der Waals surface area contributed by atoms with E-state index in [1.54, 1.807) is 11.8 Å². The summed E-state index contributed by atoms with van der Waals surface area (Å²) in [4.78, 5) is 0. The predicted molar refractivity (Wildman–Crippen MR) is 104 cm³/mol. The Hall–Kier alpha value is -2.59. The lowest BCUT2D eigenvalue weighted by Crippen LogP contribution is -1.99. The molecule has 0 aliphatic rings. The van der Waals surface area contributed by atoms with Crippen molar-refractivity contribution in [1.82, 2.24) is 14.8 Å². The summed E-state index contributed by atoms with van der Waals surface area (Å²) < 4.78 is 2.12. The van der Waals surface area contributed by atoms with Crippen LogP contribution < -0.4 is 0 Å². The number of thioether (sulfide) groups is 1. The van der Waals surface area contributed by atoms with Gasteiger partial charge < -0.3 is 0 Å². The van der Waals surface area contributed by atoms with Gasteiger partial charge in [0.05, 0.1) is 0 Å². The Bertz CT molecular complexity index is 1010. The lowest BCUT2D eigenvalue weighted by atomic mass is 10.1. The summed E-state index contributed by atoms with van der Waals surface area (Å²) in [6, 6.07) is 23.4. The van der Waals surface area contributed by atoms with Gasteiger partial charge in [-0.1, -0.05) is 71.9 Å². The highest BCUT2D eigenvalue weighted by molar-refractivity contribution is 7.98. The van der Waals surface area contributed by atoms with Crippen LogP contribution in [0.1, 0.15) is 17.0 Å². The number of aryl methyl sites for hydroxylation is 2. The Kier molecular flexibility index (Phi) is 4.28. The Balaban J connectivity index is 1.65. The molecule has 0 aliphatic carbocycles. The van der Waals surface area contributed by atoms with Gasteiger partial charge >= 0.3 is 0 Å². The molecule has 0 atom stereocenters. The minimum Gasteiger partial charge on any atom is -0.274 e. The van der Waals surface area contributed by atoms with Crippen molar-refractivity contribution in [2.24, 2.45) is 0 Å². The van der Waals surface area contributed by atoms with Gasteiger partial charge in [0.2, 0.25) is 0 Å². The largest absolute Gasteiger partial charge is 0.274 e. The maximum absolute atomic E-state index is 4.39. The smallest absolute Gasteiger partial charge is 0.196 e. The van der Waals surface area contributed by atoms with Gasteiger partial charge in [-0.2, -0.15) is 0 Å². The van der Waals surface area contributed by atoms with Crippen LogP contribution in [0.15, 0.2) is 71.9 Å². The van der Waals surface area contributed by atoms with Gasteiger partial charge in [0, 0.05) is 11.4 Å². The highest BCUT2D eigenvalue weighted by Crippen LogP contribution is 2.28. The highest BCUT2D eigenvalue weighted by atomic mass is 32.2. The molecule has 0 fully saturated rings. The first kappa shape index (κ1) is 15.9. The molecule has 4 aromatic rings. The van der Waals surface area contributed by atoms with E-state index in [1.807, 2.05) is 6.92 Å². The molecular formula is C21H19N3S. The number of rotatable bonds is 4. The van der Waals surface area contributed by atoms with Crippen molar-refractivity contribution in [3.63, 3.8) is 0 Å². The van der Waals surface area contributed by atoms with E-state index in [4.69, 9.17) is 0 Å². The zero-order valence-electron chi connectivity index (χ0n) is 14.3. The van der Waals surface area contributed by atoms with Crippen LogP contribution in [0.5, 0.6) is 0 Å². The molecule has 0 aliphatic heterocycles. The number of benzene rings is 3. The summed E-state index contributed by atoms with van der Waals surface area (Å²) in [5.41, 5.74) is 3.67. The van der Waals surface area contributed by atoms with Crippen molar-refractivity contribution in [2.45, 2.75) is 24.8 Å². The Morgan fingerprint density at radius 2 is 1.60 bits per heavy atom. The monoisotopic (exact) mass is 345 g/mol. The third-order valence-corrected chi connectivity index (χ3v) is 5.30. The Morgan fingerprint density at radius 1 is 0.840 bits per heavy atom. The fraction of sp³-hybridized carbons (Fsp3) is 0.143. The van der Waals surface area contributed by atoms with E-state index in [0.29, 0.717) is 0 Å². The van der Waals surface area contributed by atoms with Crippen LogP contribution in [-0.4, -0.2) is 14.8 Å². The third-order valence-electron chi connectivity index (χ3n) is 4.32. The molecular weight excluding hydrogens is 326 g/mol. The average molecular weight is 345 g/mol. The molecule has 0 saturated carbocycles. The van der Waals surface area contributed by atoms with Gasteiger partial charge in [0.1, 0.15) is 5.82 Å². The minimum atomic E-state index is 0.866. The molecule has 3 nitrogen and oxygen atoms in total. The molecule has 1 heterocycles. The predicted octanol–water partition coefficient (Wildman–Crippen LogP) is 5.33. The lowest BCUT2D eigenvalue weighted by molar-refractivity contribution is 0.868. The van der Waals surface area contributed by atoms with Crippen molar-refractivity contribution in [3.8, 4) is 5.69 Å². The average Bonchev–Trinajstić information content (AvgIpc) is 3.01. The van der Waals surface area contributed by atoms with Gasteiger partial charge in [-0.25, -0.2) is 0 Å². The summed E-state index contributed by atoms with van der Waals surface area (Å²) in [7, 11) is 0. The number of hydrogen-bond acceptors (Lipinski definition) is 3. The second-order valence-electron chi connectivity index (χ2n) is 6.13. The SMILES string of the molecule is Cc1ccc(-n2c(C)nnc2SCc2cccc3ccccc23)cc1. The first-order chi connectivity index (χ1) is 12.2. The van der Waals surface area contributed by atoms with Gasteiger partial charge in [-0.05, 0) is 42.3 Å². The van der Waals surface area contributed by atoms with Crippen LogP contribution in [0.25, 0.3) is 16.5 Å². The summed E-state index contributed by atoms with van der Waals surface area (Å²) in [6.45, 7) is 4.09. The first-order valence-corrected chi connectivity index (χ1v) is 9.29. The van der Waals surface area contributed by atoms with Gasteiger partial charge in [0.25, 0.3) is 0 Å². The second-order valence-corrected chi connectivity index (χ2v) is 7.07.